The number of para-hydroxylation sites is 1. The third-order valence-electron chi connectivity index (χ3n) is 4.79. The molecule has 0 radical (unpaired) electrons. The van der Waals surface area contributed by atoms with Gasteiger partial charge in [0.1, 0.15) is 41.1 Å². The average Bonchev–Trinajstić information content (AvgIpc) is 2.85. The van der Waals surface area contributed by atoms with Crippen LogP contribution in [-0.2, 0) is 4.79 Å². The van der Waals surface area contributed by atoms with Crippen molar-refractivity contribution < 1.29 is 9.53 Å². The van der Waals surface area contributed by atoms with Crippen LogP contribution in [0.1, 0.15) is 0 Å². The zero-order valence-corrected chi connectivity index (χ0v) is 18.0. The number of rotatable bonds is 7. The first-order chi connectivity index (χ1) is 16.5. The molecular formula is C26H20N6O2. The SMILES string of the molecule is C=C(C#N)C(=O)Nc1cccc(Nc2ncnc(N)c2-c2ccc(Oc3ccccc3)cc2)c1. The number of nitrogens with one attached hydrogen (secondary N) is 2. The van der Waals surface area contributed by atoms with Crippen molar-refractivity contribution in [2.24, 2.45) is 0 Å². The van der Waals surface area contributed by atoms with Crippen molar-refractivity contribution in [1.29, 1.82) is 5.26 Å². The standard InChI is InChI=1S/C26H20N6O2/c1-17(15-27)26(33)32-20-7-5-6-19(14-20)31-25-23(24(28)29-16-30-25)18-10-12-22(13-11-18)34-21-8-3-2-4-9-21/h2-14,16H,1H2,(H,32,33)(H3,28,29,30,31). The number of nitrogen functional groups attached to an aromatic ring is 1. The van der Waals surface area contributed by atoms with Crippen molar-refractivity contribution >= 4 is 28.9 Å². The van der Waals surface area contributed by atoms with Gasteiger partial charge in [0.05, 0.1) is 5.56 Å². The highest BCUT2D eigenvalue weighted by Crippen LogP contribution is 2.34. The maximum atomic E-state index is 11.9. The van der Waals surface area contributed by atoms with E-state index in [1.807, 2.05) is 60.7 Å². The van der Waals surface area contributed by atoms with E-state index in [1.165, 1.54) is 6.33 Å². The molecule has 166 valence electrons. The highest BCUT2D eigenvalue weighted by molar-refractivity contribution is 6.06. The van der Waals surface area contributed by atoms with Crippen molar-refractivity contribution in [3.05, 3.63) is 97.3 Å². The van der Waals surface area contributed by atoms with Gasteiger partial charge < -0.3 is 21.1 Å². The zero-order valence-electron chi connectivity index (χ0n) is 18.0. The molecule has 4 N–H and O–H groups in total. The molecule has 0 unspecified atom stereocenters. The summed E-state index contributed by atoms with van der Waals surface area (Å²) in [5.74, 6) is 1.66. The molecule has 8 heteroatoms. The summed E-state index contributed by atoms with van der Waals surface area (Å²) in [5.41, 5.74) is 8.60. The number of aromatic nitrogens is 2. The van der Waals surface area contributed by atoms with Gasteiger partial charge in [0.25, 0.3) is 5.91 Å². The molecule has 1 amide bonds. The van der Waals surface area contributed by atoms with Crippen molar-refractivity contribution in [2.45, 2.75) is 0 Å². The molecule has 1 aromatic heterocycles. The van der Waals surface area contributed by atoms with Crippen molar-refractivity contribution in [1.82, 2.24) is 9.97 Å². The number of nitriles is 1. The third kappa shape index (κ3) is 5.18. The van der Waals surface area contributed by atoms with Crippen LogP contribution < -0.4 is 21.1 Å². The Balaban J connectivity index is 1.57. The molecule has 0 atom stereocenters. The van der Waals surface area contributed by atoms with Gasteiger partial charge in [-0.2, -0.15) is 5.26 Å². The Hall–Kier alpha value is -5.16. The van der Waals surface area contributed by atoms with Crippen LogP contribution in [0.15, 0.2) is 97.3 Å². The lowest BCUT2D eigenvalue weighted by atomic mass is 10.1. The Morgan fingerprint density at radius 3 is 2.38 bits per heavy atom. The Morgan fingerprint density at radius 1 is 0.941 bits per heavy atom. The van der Waals surface area contributed by atoms with Crippen molar-refractivity contribution in [3.63, 3.8) is 0 Å². The van der Waals surface area contributed by atoms with E-state index in [2.05, 4.69) is 27.2 Å². The zero-order chi connectivity index (χ0) is 23.9. The Morgan fingerprint density at radius 2 is 1.65 bits per heavy atom. The molecule has 0 aliphatic carbocycles. The van der Waals surface area contributed by atoms with E-state index in [0.717, 1.165) is 11.3 Å². The number of nitrogens with two attached hydrogens (primary N) is 1. The van der Waals surface area contributed by atoms with Gasteiger partial charge >= 0.3 is 0 Å². The maximum absolute atomic E-state index is 11.9. The predicted octanol–water partition coefficient (Wildman–Crippen LogP) is 5.28. The van der Waals surface area contributed by atoms with Gasteiger partial charge in [-0.15, -0.1) is 0 Å². The van der Waals surface area contributed by atoms with Crippen LogP contribution in [0, 0.1) is 11.3 Å². The summed E-state index contributed by atoms with van der Waals surface area (Å²) >= 11 is 0. The van der Waals surface area contributed by atoms with E-state index in [9.17, 15) is 4.79 Å². The molecule has 0 aliphatic rings. The second kappa shape index (κ2) is 9.97. The number of carbonyl (C=O) groups excluding carboxylic acids is 1. The van der Waals surface area contributed by atoms with Gasteiger partial charge in [-0.3, -0.25) is 4.79 Å². The molecule has 34 heavy (non-hydrogen) atoms. The summed E-state index contributed by atoms with van der Waals surface area (Å²) in [6.07, 6.45) is 1.37. The minimum atomic E-state index is -0.565. The van der Waals surface area contributed by atoms with Crippen LogP contribution in [0.2, 0.25) is 0 Å². The molecule has 0 aliphatic heterocycles. The molecule has 4 rings (SSSR count). The van der Waals surface area contributed by atoms with Gasteiger partial charge in [0.2, 0.25) is 0 Å². The first kappa shape index (κ1) is 22.0. The topological polar surface area (TPSA) is 126 Å². The predicted molar refractivity (Wildman–Crippen MR) is 132 cm³/mol. The molecule has 0 saturated heterocycles. The Labute approximate surface area is 196 Å². The number of anilines is 4. The summed E-state index contributed by atoms with van der Waals surface area (Å²) in [5, 5.41) is 14.7. The summed E-state index contributed by atoms with van der Waals surface area (Å²) in [6.45, 7) is 3.42. The van der Waals surface area contributed by atoms with Crippen LogP contribution >= 0.6 is 0 Å². The largest absolute Gasteiger partial charge is 0.457 e. The lowest BCUT2D eigenvalue weighted by Crippen LogP contribution is -2.12. The number of amides is 1. The van der Waals surface area contributed by atoms with Gasteiger partial charge in [0.15, 0.2) is 0 Å². The fraction of sp³-hybridized carbons (Fsp3) is 0. The van der Waals surface area contributed by atoms with E-state index in [1.54, 1.807) is 24.3 Å². The molecular weight excluding hydrogens is 428 g/mol. The lowest BCUT2D eigenvalue weighted by molar-refractivity contribution is -0.112. The number of nitrogens with zero attached hydrogens (tertiary/aromatic N) is 3. The summed E-state index contributed by atoms with van der Waals surface area (Å²) in [4.78, 5) is 20.4. The van der Waals surface area contributed by atoms with Gasteiger partial charge in [-0.1, -0.05) is 43.0 Å². The maximum Gasteiger partial charge on any atom is 0.265 e. The van der Waals surface area contributed by atoms with E-state index >= 15 is 0 Å². The number of ether oxygens (including phenoxy) is 1. The fourth-order valence-corrected chi connectivity index (χ4v) is 3.16. The van der Waals surface area contributed by atoms with E-state index < -0.39 is 5.91 Å². The first-order valence-corrected chi connectivity index (χ1v) is 10.2. The molecule has 0 bridgehead atoms. The number of benzene rings is 3. The molecule has 8 nitrogen and oxygen atoms in total. The molecule has 0 fully saturated rings. The van der Waals surface area contributed by atoms with Crippen molar-refractivity contribution in [3.8, 4) is 28.7 Å². The molecule has 0 saturated carbocycles. The molecule has 3 aromatic carbocycles. The highest BCUT2D eigenvalue weighted by atomic mass is 16.5. The second-order valence-corrected chi connectivity index (χ2v) is 7.17. The average molecular weight is 448 g/mol. The van der Waals surface area contributed by atoms with Gasteiger partial charge in [-0.25, -0.2) is 9.97 Å². The van der Waals surface area contributed by atoms with Crippen molar-refractivity contribution in [2.75, 3.05) is 16.4 Å². The third-order valence-corrected chi connectivity index (χ3v) is 4.79. The lowest BCUT2D eigenvalue weighted by Gasteiger charge is -2.14. The summed E-state index contributed by atoms with van der Waals surface area (Å²) in [6, 6.07) is 25.7. The van der Waals surface area contributed by atoms with E-state index in [4.69, 9.17) is 15.7 Å². The fourth-order valence-electron chi connectivity index (χ4n) is 3.16. The van der Waals surface area contributed by atoms with Crippen LogP contribution in [0.3, 0.4) is 0 Å². The van der Waals surface area contributed by atoms with Gasteiger partial charge in [0, 0.05) is 11.4 Å². The molecule has 1 heterocycles. The minimum absolute atomic E-state index is 0.177. The Kier molecular flexibility index (Phi) is 6.47. The van der Waals surface area contributed by atoms with Crippen LogP contribution in [0.25, 0.3) is 11.1 Å². The van der Waals surface area contributed by atoms with Crippen LogP contribution in [0.5, 0.6) is 11.5 Å². The quantitative estimate of drug-likeness (QED) is 0.259. The number of hydrogen-bond donors (Lipinski definition) is 3. The second-order valence-electron chi connectivity index (χ2n) is 7.17. The minimum Gasteiger partial charge on any atom is -0.457 e. The Bertz CT molecular complexity index is 1380. The summed E-state index contributed by atoms with van der Waals surface area (Å²) in [7, 11) is 0. The number of hydrogen-bond acceptors (Lipinski definition) is 7. The smallest absolute Gasteiger partial charge is 0.265 e. The number of carbonyl (C=O) groups is 1. The molecule has 0 spiro atoms. The van der Waals surface area contributed by atoms with E-state index in [-0.39, 0.29) is 5.57 Å². The molecule has 4 aromatic rings. The first-order valence-electron chi connectivity index (χ1n) is 10.2. The monoisotopic (exact) mass is 448 g/mol. The van der Waals surface area contributed by atoms with Crippen LogP contribution in [0.4, 0.5) is 23.0 Å². The summed E-state index contributed by atoms with van der Waals surface area (Å²) < 4.78 is 5.86. The van der Waals surface area contributed by atoms with Crippen LogP contribution in [-0.4, -0.2) is 15.9 Å². The highest BCUT2D eigenvalue weighted by Gasteiger charge is 2.13. The van der Waals surface area contributed by atoms with E-state index in [0.29, 0.717) is 34.3 Å². The normalized spacial score (nSPS) is 10.1. The van der Waals surface area contributed by atoms with Gasteiger partial charge in [-0.05, 0) is 48.0 Å².